The van der Waals surface area contributed by atoms with E-state index in [1.807, 2.05) is 4.90 Å². The number of likely N-dealkylation sites (tertiary alicyclic amines) is 1. The quantitative estimate of drug-likeness (QED) is 0.756. The summed E-state index contributed by atoms with van der Waals surface area (Å²) in [4.78, 5) is 13.9. The number of piperidine rings is 1. The molecule has 1 saturated heterocycles. The second-order valence-electron chi connectivity index (χ2n) is 5.80. The molecular weight excluding hydrogens is 188 g/mol. The van der Waals surface area contributed by atoms with Gasteiger partial charge in [0, 0.05) is 19.5 Å². The lowest BCUT2D eigenvalue weighted by Gasteiger charge is -2.33. The van der Waals surface area contributed by atoms with Crippen molar-refractivity contribution >= 4 is 5.91 Å². The zero-order valence-electron chi connectivity index (χ0n) is 10.3. The van der Waals surface area contributed by atoms with Crippen molar-refractivity contribution in [3.63, 3.8) is 0 Å². The van der Waals surface area contributed by atoms with E-state index in [2.05, 4.69) is 20.8 Å². The zero-order chi connectivity index (χ0) is 11.5. The van der Waals surface area contributed by atoms with Crippen molar-refractivity contribution in [2.24, 2.45) is 17.1 Å². The number of nitrogens with zero attached hydrogens (tertiary/aromatic N) is 1. The minimum Gasteiger partial charge on any atom is -0.343 e. The van der Waals surface area contributed by atoms with E-state index in [0.717, 1.165) is 32.5 Å². The predicted molar refractivity (Wildman–Crippen MR) is 62.4 cm³/mol. The van der Waals surface area contributed by atoms with Crippen LogP contribution in [-0.2, 0) is 4.79 Å². The normalized spacial score (nSPS) is 19.3. The maximum atomic E-state index is 11.9. The molecule has 0 unspecified atom stereocenters. The molecule has 3 heteroatoms. The molecule has 2 N–H and O–H groups in total. The van der Waals surface area contributed by atoms with Crippen molar-refractivity contribution in [2.45, 2.75) is 40.0 Å². The highest BCUT2D eigenvalue weighted by Gasteiger charge is 2.25. The molecule has 1 amide bonds. The molecule has 0 aromatic rings. The van der Waals surface area contributed by atoms with Crippen molar-refractivity contribution in [2.75, 3.05) is 19.6 Å². The SMILES string of the molecule is CC(C)(C)CC(=O)N1CCC(CN)CC1. The van der Waals surface area contributed by atoms with Gasteiger partial charge in [-0.2, -0.15) is 0 Å². The molecule has 1 heterocycles. The second-order valence-corrected chi connectivity index (χ2v) is 5.80. The highest BCUT2D eigenvalue weighted by Crippen LogP contribution is 2.22. The van der Waals surface area contributed by atoms with Crippen molar-refractivity contribution in [1.29, 1.82) is 0 Å². The molecule has 15 heavy (non-hydrogen) atoms. The van der Waals surface area contributed by atoms with E-state index in [0.29, 0.717) is 18.2 Å². The monoisotopic (exact) mass is 212 g/mol. The van der Waals surface area contributed by atoms with Crippen molar-refractivity contribution in [3.05, 3.63) is 0 Å². The molecule has 0 aliphatic carbocycles. The Morgan fingerprint density at radius 2 is 1.87 bits per heavy atom. The van der Waals surface area contributed by atoms with E-state index in [4.69, 9.17) is 5.73 Å². The molecule has 0 spiro atoms. The summed E-state index contributed by atoms with van der Waals surface area (Å²) in [7, 11) is 0. The Morgan fingerprint density at radius 1 is 1.33 bits per heavy atom. The first kappa shape index (κ1) is 12.5. The second kappa shape index (κ2) is 4.97. The first-order chi connectivity index (χ1) is 6.92. The van der Waals surface area contributed by atoms with Crippen LogP contribution in [0.4, 0.5) is 0 Å². The number of hydrogen-bond acceptors (Lipinski definition) is 2. The molecule has 0 radical (unpaired) electrons. The zero-order valence-corrected chi connectivity index (χ0v) is 10.3. The van der Waals surface area contributed by atoms with Crippen LogP contribution in [-0.4, -0.2) is 30.4 Å². The van der Waals surface area contributed by atoms with Gasteiger partial charge in [-0.05, 0) is 30.7 Å². The molecule has 1 aliphatic heterocycles. The van der Waals surface area contributed by atoms with E-state index in [1.54, 1.807) is 0 Å². The summed E-state index contributed by atoms with van der Waals surface area (Å²) >= 11 is 0. The van der Waals surface area contributed by atoms with Gasteiger partial charge in [-0.3, -0.25) is 4.79 Å². The molecule has 3 nitrogen and oxygen atoms in total. The van der Waals surface area contributed by atoms with Crippen LogP contribution in [0.1, 0.15) is 40.0 Å². The van der Waals surface area contributed by atoms with Gasteiger partial charge in [0.1, 0.15) is 0 Å². The highest BCUT2D eigenvalue weighted by atomic mass is 16.2. The van der Waals surface area contributed by atoms with E-state index >= 15 is 0 Å². The van der Waals surface area contributed by atoms with Gasteiger partial charge >= 0.3 is 0 Å². The van der Waals surface area contributed by atoms with Crippen molar-refractivity contribution in [1.82, 2.24) is 4.90 Å². The van der Waals surface area contributed by atoms with Crippen LogP contribution in [0, 0.1) is 11.3 Å². The van der Waals surface area contributed by atoms with Crippen molar-refractivity contribution in [3.8, 4) is 0 Å². The summed E-state index contributed by atoms with van der Waals surface area (Å²) in [5.41, 5.74) is 5.72. The fraction of sp³-hybridized carbons (Fsp3) is 0.917. The third-order valence-corrected chi connectivity index (χ3v) is 2.98. The molecular formula is C12H24N2O. The van der Waals surface area contributed by atoms with Gasteiger partial charge < -0.3 is 10.6 Å². The third kappa shape index (κ3) is 4.20. The summed E-state index contributed by atoms with van der Waals surface area (Å²) in [6, 6.07) is 0. The van der Waals surface area contributed by atoms with Gasteiger partial charge in [0.2, 0.25) is 5.91 Å². The lowest BCUT2D eigenvalue weighted by atomic mass is 9.90. The lowest BCUT2D eigenvalue weighted by Crippen LogP contribution is -2.41. The van der Waals surface area contributed by atoms with Gasteiger partial charge in [0.15, 0.2) is 0 Å². The molecule has 88 valence electrons. The molecule has 0 aromatic carbocycles. The Bertz CT molecular complexity index is 212. The summed E-state index contributed by atoms with van der Waals surface area (Å²) in [5.74, 6) is 0.932. The fourth-order valence-corrected chi connectivity index (χ4v) is 1.98. The average molecular weight is 212 g/mol. The molecule has 1 fully saturated rings. The largest absolute Gasteiger partial charge is 0.343 e. The Kier molecular flexibility index (Phi) is 4.14. The van der Waals surface area contributed by atoms with Gasteiger partial charge in [0.05, 0.1) is 0 Å². The Hall–Kier alpha value is -0.570. The third-order valence-electron chi connectivity index (χ3n) is 2.98. The van der Waals surface area contributed by atoms with Crippen LogP contribution in [0.2, 0.25) is 0 Å². The molecule has 0 aromatic heterocycles. The fourth-order valence-electron chi connectivity index (χ4n) is 1.98. The number of carbonyl (C=O) groups is 1. The molecule has 1 rings (SSSR count). The van der Waals surface area contributed by atoms with Crippen LogP contribution in [0.25, 0.3) is 0 Å². The molecule has 0 atom stereocenters. The van der Waals surface area contributed by atoms with Crippen LogP contribution < -0.4 is 5.73 Å². The maximum absolute atomic E-state index is 11.9. The van der Waals surface area contributed by atoms with Gasteiger partial charge in [-0.25, -0.2) is 0 Å². The number of carbonyl (C=O) groups excluding carboxylic acids is 1. The first-order valence-electron chi connectivity index (χ1n) is 5.90. The standard InChI is InChI=1S/C12H24N2O/c1-12(2,3)8-11(15)14-6-4-10(9-13)5-7-14/h10H,4-9,13H2,1-3H3. The van der Waals surface area contributed by atoms with Crippen LogP contribution in [0.15, 0.2) is 0 Å². The van der Waals surface area contributed by atoms with Crippen molar-refractivity contribution < 1.29 is 4.79 Å². The number of rotatable bonds is 2. The summed E-state index contributed by atoms with van der Waals surface area (Å²) in [5, 5.41) is 0. The Balaban J connectivity index is 2.37. The molecule has 0 saturated carbocycles. The topological polar surface area (TPSA) is 46.3 Å². The summed E-state index contributed by atoms with van der Waals surface area (Å²) in [6.45, 7) is 8.89. The minimum atomic E-state index is 0.0990. The number of nitrogens with two attached hydrogens (primary N) is 1. The van der Waals surface area contributed by atoms with Gasteiger partial charge in [-0.1, -0.05) is 20.8 Å². The van der Waals surface area contributed by atoms with Crippen LogP contribution in [0.3, 0.4) is 0 Å². The van der Waals surface area contributed by atoms with E-state index in [9.17, 15) is 4.79 Å². The maximum Gasteiger partial charge on any atom is 0.223 e. The van der Waals surface area contributed by atoms with E-state index < -0.39 is 0 Å². The summed E-state index contributed by atoms with van der Waals surface area (Å²) < 4.78 is 0. The van der Waals surface area contributed by atoms with Crippen LogP contribution in [0.5, 0.6) is 0 Å². The smallest absolute Gasteiger partial charge is 0.223 e. The van der Waals surface area contributed by atoms with E-state index in [-0.39, 0.29) is 5.41 Å². The van der Waals surface area contributed by atoms with Gasteiger partial charge in [-0.15, -0.1) is 0 Å². The Labute approximate surface area is 93.0 Å². The molecule has 1 aliphatic rings. The predicted octanol–water partition coefficient (Wildman–Crippen LogP) is 1.62. The van der Waals surface area contributed by atoms with Gasteiger partial charge in [0.25, 0.3) is 0 Å². The number of hydrogen-bond donors (Lipinski definition) is 1. The highest BCUT2D eigenvalue weighted by molar-refractivity contribution is 5.76. The number of amides is 1. The lowest BCUT2D eigenvalue weighted by molar-refractivity contribution is -0.134. The first-order valence-corrected chi connectivity index (χ1v) is 5.90. The minimum absolute atomic E-state index is 0.0990. The Morgan fingerprint density at radius 3 is 2.27 bits per heavy atom. The average Bonchev–Trinajstić information content (AvgIpc) is 2.15. The van der Waals surface area contributed by atoms with E-state index in [1.165, 1.54) is 0 Å². The summed E-state index contributed by atoms with van der Waals surface area (Å²) in [6.07, 6.45) is 2.80. The molecule has 0 bridgehead atoms. The van der Waals surface area contributed by atoms with Crippen LogP contribution >= 0.6 is 0 Å².